The van der Waals surface area contributed by atoms with Gasteiger partial charge in [0.2, 0.25) is 5.89 Å². The minimum Gasteiger partial charge on any atom is -0.489 e. The zero-order chi connectivity index (χ0) is 16.4. The summed E-state index contributed by atoms with van der Waals surface area (Å²) >= 11 is 0. The molecule has 0 saturated carbocycles. The molecule has 4 aromatic rings. The van der Waals surface area contributed by atoms with Crippen LogP contribution in [0.15, 0.2) is 77.2 Å². The molecule has 0 N–H and O–H groups in total. The highest BCUT2D eigenvalue weighted by Crippen LogP contribution is 2.26. The van der Waals surface area contributed by atoms with E-state index in [1.54, 1.807) is 0 Å². The normalized spacial score (nSPS) is 10.9. The van der Waals surface area contributed by atoms with E-state index < -0.39 is 0 Å². The second-order valence-corrected chi connectivity index (χ2v) is 5.79. The Morgan fingerprint density at radius 1 is 0.917 bits per heavy atom. The van der Waals surface area contributed by atoms with Crippen LogP contribution in [0.3, 0.4) is 0 Å². The molecule has 0 amide bonds. The highest BCUT2D eigenvalue weighted by atomic mass is 16.5. The molecule has 3 heteroatoms. The molecule has 1 aromatic heterocycles. The highest BCUT2D eigenvalue weighted by Gasteiger charge is 2.08. The van der Waals surface area contributed by atoms with Gasteiger partial charge in [-0.05, 0) is 54.4 Å². The van der Waals surface area contributed by atoms with Crippen LogP contribution in [0.2, 0.25) is 0 Å². The Kier molecular flexibility index (Phi) is 3.75. The van der Waals surface area contributed by atoms with Gasteiger partial charge in [0.1, 0.15) is 17.9 Å². The van der Waals surface area contributed by atoms with Crippen LogP contribution in [0.5, 0.6) is 5.75 Å². The average Bonchev–Trinajstić information content (AvgIpc) is 3.04. The van der Waals surface area contributed by atoms with Crippen molar-refractivity contribution in [1.82, 2.24) is 4.98 Å². The fourth-order valence-corrected chi connectivity index (χ4v) is 2.60. The topological polar surface area (TPSA) is 35.3 Å². The lowest BCUT2D eigenvalue weighted by atomic mass is 10.2. The monoisotopic (exact) mass is 315 g/mol. The van der Waals surface area contributed by atoms with Crippen LogP contribution in [-0.4, -0.2) is 4.98 Å². The van der Waals surface area contributed by atoms with Gasteiger partial charge >= 0.3 is 0 Å². The second-order valence-electron chi connectivity index (χ2n) is 5.79. The molecule has 0 unspecified atom stereocenters. The molecule has 0 aliphatic heterocycles. The predicted molar refractivity (Wildman–Crippen MR) is 95.0 cm³/mol. The summed E-state index contributed by atoms with van der Waals surface area (Å²) in [6.45, 7) is 2.61. The van der Waals surface area contributed by atoms with Gasteiger partial charge in [-0.15, -0.1) is 0 Å². The Morgan fingerprint density at radius 3 is 2.50 bits per heavy atom. The average molecular weight is 315 g/mol. The summed E-state index contributed by atoms with van der Waals surface area (Å²) in [5, 5.41) is 0. The molecule has 0 aliphatic carbocycles. The summed E-state index contributed by atoms with van der Waals surface area (Å²) in [6.07, 6.45) is 0. The first-order valence-corrected chi connectivity index (χ1v) is 7.92. The maximum Gasteiger partial charge on any atom is 0.227 e. The van der Waals surface area contributed by atoms with Crippen LogP contribution in [0.25, 0.3) is 22.6 Å². The summed E-state index contributed by atoms with van der Waals surface area (Å²) in [7, 11) is 0. The van der Waals surface area contributed by atoms with Crippen molar-refractivity contribution in [2.45, 2.75) is 13.5 Å². The number of fused-ring (bicyclic) bond motifs is 1. The Morgan fingerprint density at radius 2 is 1.71 bits per heavy atom. The number of ether oxygens (including phenoxy) is 1. The van der Waals surface area contributed by atoms with Gasteiger partial charge in [-0.25, -0.2) is 4.98 Å². The van der Waals surface area contributed by atoms with E-state index in [4.69, 9.17) is 9.15 Å². The molecule has 4 rings (SSSR count). The van der Waals surface area contributed by atoms with Crippen LogP contribution in [-0.2, 0) is 6.61 Å². The molecule has 1 heterocycles. The predicted octanol–water partition coefficient (Wildman–Crippen LogP) is 5.38. The van der Waals surface area contributed by atoms with E-state index in [1.165, 1.54) is 5.56 Å². The van der Waals surface area contributed by atoms with Gasteiger partial charge in [0.15, 0.2) is 5.58 Å². The number of aryl methyl sites for hydroxylation is 1. The molecule has 0 radical (unpaired) electrons. The lowest BCUT2D eigenvalue weighted by molar-refractivity contribution is 0.306. The van der Waals surface area contributed by atoms with E-state index >= 15 is 0 Å². The molecular formula is C21H17NO2. The number of hydrogen-bond acceptors (Lipinski definition) is 3. The minimum atomic E-state index is 0.558. The smallest absolute Gasteiger partial charge is 0.227 e. The third-order valence-corrected chi connectivity index (χ3v) is 3.89. The lowest BCUT2D eigenvalue weighted by Gasteiger charge is -2.06. The van der Waals surface area contributed by atoms with E-state index in [0.717, 1.165) is 28.0 Å². The maximum absolute atomic E-state index is 5.83. The largest absolute Gasteiger partial charge is 0.489 e. The van der Waals surface area contributed by atoms with Crippen molar-refractivity contribution in [1.29, 1.82) is 0 Å². The summed E-state index contributed by atoms with van der Waals surface area (Å²) in [5.74, 6) is 1.46. The first-order chi connectivity index (χ1) is 11.8. The Labute approximate surface area is 140 Å². The molecule has 0 bridgehead atoms. The number of benzene rings is 3. The van der Waals surface area contributed by atoms with Crippen molar-refractivity contribution in [3.05, 3.63) is 83.9 Å². The molecule has 0 atom stereocenters. The van der Waals surface area contributed by atoms with Gasteiger partial charge in [0, 0.05) is 5.56 Å². The van der Waals surface area contributed by atoms with Crippen molar-refractivity contribution in [3.63, 3.8) is 0 Å². The molecule has 0 saturated heterocycles. The van der Waals surface area contributed by atoms with Gasteiger partial charge in [-0.2, -0.15) is 0 Å². The van der Waals surface area contributed by atoms with Gasteiger partial charge in [0.25, 0.3) is 0 Å². The number of rotatable bonds is 4. The third kappa shape index (κ3) is 3.01. The van der Waals surface area contributed by atoms with Crippen molar-refractivity contribution < 1.29 is 9.15 Å². The molecule has 24 heavy (non-hydrogen) atoms. The Bertz CT molecular complexity index is 956. The number of aromatic nitrogens is 1. The van der Waals surface area contributed by atoms with E-state index in [2.05, 4.69) is 17.1 Å². The number of oxazole rings is 1. The summed E-state index contributed by atoms with van der Waals surface area (Å²) in [4.78, 5) is 4.56. The van der Waals surface area contributed by atoms with E-state index in [-0.39, 0.29) is 0 Å². The van der Waals surface area contributed by atoms with Crippen molar-refractivity contribution >= 4 is 11.1 Å². The maximum atomic E-state index is 5.83. The van der Waals surface area contributed by atoms with Crippen molar-refractivity contribution in [2.75, 3.05) is 0 Å². The molecule has 3 nitrogen and oxygen atoms in total. The molecule has 0 fully saturated rings. The van der Waals surface area contributed by atoms with Gasteiger partial charge in [-0.1, -0.05) is 36.4 Å². The molecule has 3 aromatic carbocycles. The van der Waals surface area contributed by atoms with Crippen LogP contribution in [0.1, 0.15) is 11.1 Å². The Balaban J connectivity index is 1.52. The molecule has 0 spiro atoms. The van der Waals surface area contributed by atoms with E-state index in [9.17, 15) is 0 Å². The van der Waals surface area contributed by atoms with Crippen LogP contribution in [0.4, 0.5) is 0 Å². The first kappa shape index (κ1) is 14.5. The molecular weight excluding hydrogens is 298 g/mol. The summed E-state index contributed by atoms with van der Waals surface area (Å²) < 4.78 is 11.6. The van der Waals surface area contributed by atoms with E-state index in [1.807, 2.05) is 67.6 Å². The zero-order valence-corrected chi connectivity index (χ0v) is 13.4. The lowest BCUT2D eigenvalue weighted by Crippen LogP contribution is -1.94. The fourth-order valence-electron chi connectivity index (χ4n) is 2.60. The fraction of sp³-hybridized carbons (Fsp3) is 0.0952. The van der Waals surface area contributed by atoms with Crippen molar-refractivity contribution in [2.24, 2.45) is 0 Å². The summed E-state index contributed by atoms with van der Waals surface area (Å²) in [5.41, 5.74) is 4.95. The third-order valence-electron chi connectivity index (χ3n) is 3.89. The zero-order valence-electron chi connectivity index (χ0n) is 13.4. The molecule has 0 aliphatic rings. The van der Waals surface area contributed by atoms with Gasteiger partial charge in [0.05, 0.1) is 0 Å². The first-order valence-electron chi connectivity index (χ1n) is 7.92. The van der Waals surface area contributed by atoms with Gasteiger partial charge < -0.3 is 9.15 Å². The SMILES string of the molecule is Cc1ccc2oc(-c3ccc(OCc4ccccc4)cc3)nc2c1. The van der Waals surface area contributed by atoms with E-state index in [0.29, 0.717) is 12.5 Å². The van der Waals surface area contributed by atoms with Crippen LogP contribution in [0, 0.1) is 6.92 Å². The van der Waals surface area contributed by atoms with Crippen molar-refractivity contribution in [3.8, 4) is 17.2 Å². The number of hydrogen-bond donors (Lipinski definition) is 0. The Hall–Kier alpha value is -3.07. The van der Waals surface area contributed by atoms with Crippen LogP contribution < -0.4 is 4.74 Å². The highest BCUT2D eigenvalue weighted by molar-refractivity contribution is 5.76. The minimum absolute atomic E-state index is 0.558. The van der Waals surface area contributed by atoms with Gasteiger partial charge in [-0.3, -0.25) is 0 Å². The quantitative estimate of drug-likeness (QED) is 0.507. The molecule has 118 valence electrons. The van der Waals surface area contributed by atoms with Crippen LogP contribution >= 0.6 is 0 Å². The standard InChI is InChI=1S/C21H17NO2/c1-15-7-12-20-19(13-15)22-21(24-20)17-8-10-18(11-9-17)23-14-16-5-3-2-4-6-16/h2-13H,14H2,1H3. The summed E-state index contributed by atoms with van der Waals surface area (Å²) in [6, 6.07) is 24.0. The number of nitrogens with zero attached hydrogens (tertiary/aromatic N) is 1. The second kappa shape index (κ2) is 6.20.